The third-order valence-corrected chi connectivity index (χ3v) is 1.84. The minimum Gasteiger partial charge on any atom is -0.394 e. The van der Waals surface area contributed by atoms with Gasteiger partial charge in [-0.05, 0) is 0 Å². The van der Waals surface area contributed by atoms with Gasteiger partial charge in [0, 0.05) is 13.5 Å². The number of ether oxygens (including phenoxy) is 1. The molecule has 1 fully saturated rings. The van der Waals surface area contributed by atoms with E-state index >= 15 is 0 Å². The van der Waals surface area contributed by atoms with Crippen LogP contribution >= 0.6 is 0 Å². The van der Waals surface area contributed by atoms with E-state index in [-0.39, 0.29) is 18.6 Å². The Morgan fingerprint density at radius 3 is 2.62 bits per heavy atom. The number of amides is 1. The molecule has 1 amide bonds. The van der Waals surface area contributed by atoms with Gasteiger partial charge in [0.2, 0.25) is 5.91 Å². The van der Waals surface area contributed by atoms with Crippen LogP contribution in [0.15, 0.2) is 0 Å². The summed E-state index contributed by atoms with van der Waals surface area (Å²) in [5.41, 5.74) is 0. The van der Waals surface area contributed by atoms with Gasteiger partial charge in [0.05, 0.1) is 25.9 Å². The highest BCUT2D eigenvalue weighted by Crippen LogP contribution is 2.05. The van der Waals surface area contributed by atoms with Crippen molar-refractivity contribution in [1.82, 2.24) is 4.90 Å². The molecule has 1 aliphatic heterocycles. The van der Waals surface area contributed by atoms with Gasteiger partial charge in [0.1, 0.15) is 0 Å². The van der Waals surface area contributed by atoms with E-state index in [0.717, 1.165) is 0 Å². The molecule has 4 nitrogen and oxygen atoms in total. The van der Waals surface area contributed by atoms with Crippen molar-refractivity contribution >= 4 is 5.91 Å². The van der Waals surface area contributed by atoms with Gasteiger partial charge < -0.3 is 14.7 Å². The average molecular weight is 189 g/mol. The molecule has 0 aromatic rings. The molecule has 1 aliphatic rings. The number of carbonyl (C=O) groups excluding carboxylic acids is 1. The molecule has 0 saturated carbocycles. The summed E-state index contributed by atoms with van der Waals surface area (Å²) >= 11 is 0. The lowest BCUT2D eigenvalue weighted by atomic mass is 10.2. The molecular formula is C9H19NO3. The lowest BCUT2D eigenvalue weighted by Crippen LogP contribution is -2.49. The van der Waals surface area contributed by atoms with Crippen LogP contribution in [0, 0.1) is 0 Å². The van der Waals surface area contributed by atoms with Crippen molar-refractivity contribution in [2.24, 2.45) is 0 Å². The maximum atomic E-state index is 10.9. The normalized spacial score (nSPS) is 21.8. The van der Waals surface area contributed by atoms with Gasteiger partial charge in [-0.1, -0.05) is 13.8 Å². The number of carbonyl (C=O) groups is 1. The summed E-state index contributed by atoms with van der Waals surface area (Å²) in [6, 6.07) is -0.138. The zero-order valence-corrected chi connectivity index (χ0v) is 8.62. The third-order valence-electron chi connectivity index (χ3n) is 1.84. The number of morpholine rings is 1. The van der Waals surface area contributed by atoms with Crippen LogP contribution in [-0.4, -0.2) is 48.3 Å². The van der Waals surface area contributed by atoms with Gasteiger partial charge in [0.25, 0.3) is 0 Å². The standard InChI is InChI=1S/C7H13NO3.C2H6/c1-6(10)8-2-3-11-5-7(8)4-9;1-2/h7,9H,2-5H2,1H3;1-2H3. The first-order chi connectivity index (χ1) is 6.25. The number of nitrogens with zero attached hydrogens (tertiary/aromatic N) is 1. The molecule has 0 radical (unpaired) electrons. The van der Waals surface area contributed by atoms with Gasteiger partial charge in [-0.25, -0.2) is 0 Å². The van der Waals surface area contributed by atoms with Crippen molar-refractivity contribution < 1.29 is 14.6 Å². The van der Waals surface area contributed by atoms with Crippen molar-refractivity contribution in [3.63, 3.8) is 0 Å². The largest absolute Gasteiger partial charge is 0.394 e. The summed E-state index contributed by atoms with van der Waals surface area (Å²) < 4.78 is 5.10. The van der Waals surface area contributed by atoms with Crippen molar-refractivity contribution in [1.29, 1.82) is 0 Å². The van der Waals surface area contributed by atoms with Crippen molar-refractivity contribution in [3.8, 4) is 0 Å². The highest BCUT2D eigenvalue weighted by molar-refractivity contribution is 5.73. The zero-order valence-electron chi connectivity index (χ0n) is 8.62. The maximum absolute atomic E-state index is 10.9. The molecule has 1 N–H and O–H groups in total. The van der Waals surface area contributed by atoms with Crippen LogP contribution in [0.1, 0.15) is 20.8 Å². The number of aliphatic hydroxyl groups excluding tert-OH is 1. The van der Waals surface area contributed by atoms with E-state index in [1.807, 2.05) is 13.8 Å². The fourth-order valence-corrected chi connectivity index (χ4v) is 1.22. The second-order valence-electron chi connectivity index (χ2n) is 2.62. The predicted molar refractivity (Wildman–Crippen MR) is 50.4 cm³/mol. The van der Waals surface area contributed by atoms with E-state index in [1.165, 1.54) is 6.92 Å². The van der Waals surface area contributed by atoms with Gasteiger partial charge >= 0.3 is 0 Å². The first-order valence-electron chi connectivity index (χ1n) is 4.71. The van der Waals surface area contributed by atoms with Gasteiger partial charge in [-0.2, -0.15) is 0 Å². The molecule has 78 valence electrons. The van der Waals surface area contributed by atoms with E-state index in [9.17, 15) is 4.79 Å². The van der Waals surface area contributed by atoms with Crippen LogP contribution in [-0.2, 0) is 9.53 Å². The molecule has 4 heteroatoms. The lowest BCUT2D eigenvalue weighted by molar-refractivity contribution is -0.139. The summed E-state index contributed by atoms with van der Waals surface area (Å²) in [5.74, 6) is 0.00681. The Balaban J connectivity index is 0.000000671. The lowest BCUT2D eigenvalue weighted by Gasteiger charge is -2.33. The van der Waals surface area contributed by atoms with Crippen LogP contribution in [0.2, 0.25) is 0 Å². The first kappa shape index (κ1) is 12.4. The van der Waals surface area contributed by atoms with Crippen molar-refractivity contribution in [2.75, 3.05) is 26.4 Å². The van der Waals surface area contributed by atoms with Crippen LogP contribution in [0.3, 0.4) is 0 Å². The van der Waals surface area contributed by atoms with Gasteiger partial charge in [-0.15, -0.1) is 0 Å². The van der Waals surface area contributed by atoms with Crippen molar-refractivity contribution in [3.05, 3.63) is 0 Å². The molecule has 0 bridgehead atoms. The van der Waals surface area contributed by atoms with E-state index in [1.54, 1.807) is 4.90 Å². The summed E-state index contributed by atoms with van der Waals surface area (Å²) in [7, 11) is 0. The topological polar surface area (TPSA) is 49.8 Å². The number of rotatable bonds is 1. The molecule has 1 rings (SSSR count). The van der Waals surface area contributed by atoms with E-state index in [4.69, 9.17) is 9.84 Å². The maximum Gasteiger partial charge on any atom is 0.219 e. The Labute approximate surface area is 79.5 Å². The van der Waals surface area contributed by atoms with Crippen LogP contribution in [0.5, 0.6) is 0 Å². The third kappa shape index (κ3) is 3.74. The summed E-state index contributed by atoms with van der Waals surface area (Å²) in [6.45, 7) is 7.13. The second kappa shape index (κ2) is 6.86. The van der Waals surface area contributed by atoms with Crippen molar-refractivity contribution in [2.45, 2.75) is 26.8 Å². The van der Waals surface area contributed by atoms with E-state index < -0.39 is 0 Å². The van der Waals surface area contributed by atoms with Gasteiger partial charge in [-0.3, -0.25) is 4.79 Å². The Hall–Kier alpha value is -0.610. The quantitative estimate of drug-likeness (QED) is 0.643. The number of hydrogen-bond donors (Lipinski definition) is 1. The molecule has 13 heavy (non-hydrogen) atoms. The number of hydrogen-bond acceptors (Lipinski definition) is 3. The number of aliphatic hydroxyl groups is 1. The second-order valence-corrected chi connectivity index (χ2v) is 2.62. The summed E-state index contributed by atoms with van der Waals surface area (Å²) in [4.78, 5) is 12.6. The first-order valence-corrected chi connectivity index (χ1v) is 4.71. The Bertz CT molecular complexity index is 150. The SMILES string of the molecule is CC.CC(=O)N1CCOCC1CO. The molecule has 1 saturated heterocycles. The van der Waals surface area contributed by atoms with Gasteiger partial charge in [0.15, 0.2) is 0 Å². The molecule has 0 spiro atoms. The molecule has 0 aromatic heterocycles. The predicted octanol–water partition coefficient (Wildman–Crippen LogP) is 0.252. The highest BCUT2D eigenvalue weighted by Gasteiger charge is 2.23. The fourth-order valence-electron chi connectivity index (χ4n) is 1.22. The van der Waals surface area contributed by atoms with Crippen LogP contribution in [0.4, 0.5) is 0 Å². The molecule has 1 unspecified atom stereocenters. The fraction of sp³-hybridized carbons (Fsp3) is 0.889. The molecular weight excluding hydrogens is 170 g/mol. The molecule has 0 aromatic carbocycles. The monoisotopic (exact) mass is 189 g/mol. The smallest absolute Gasteiger partial charge is 0.219 e. The van der Waals surface area contributed by atoms with Crippen LogP contribution < -0.4 is 0 Å². The van der Waals surface area contributed by atoms with Crippen LogP contribution in [0.25, 0.3) is 0 Å². The minimum atomic E-state index is -0.138. The average Bonchev–Trinajstić information content (AvgIpc) is 2.20. The molecule has 0 aliphatic carbocycles. The summed E-state index contributed by atoms with van der Waals surface area (Å²) in [6.07, 6.45) is 0. The summed E-state index contributed by atoms with van der Waals surface area (Å²) in [5, 5.41) is 8.84. The Kier molecular flexibility index (Phi) is 6.54. The minimum absolute atomic E-state index is 0.00681. The molecule has 1 heterocycles. The van der Waals surface area contributed by atoms with E-state index in [2.05, 4.69) is 0 Å². The van der Waals surface area contributed by atoms with E-state index in [0.29, 0.717) is 19.8 Å². The Morgan fingerprint density at radius 2 is 2.23 bits per heavy atom. The molecule has 1 atom stereocenters. The Morgan fingerprint density at radius 1 is 1.62 bits per heavy atom. The highest BCUT2D eigenvalue weighted by atomic mass is 16.5. The zero-order chi connectivity index (χ0) is 10.3.